The molecule has 60 heavy (non-hydrogen) atoms. The van der Waals surface area contributed by atoms with Crippen LogP contribution in [0.4, 0.5) is 0 Å². The van der Waals surface area contributed by atoms with E-state index in [0.717, 1.165) is 57.8 Å². The summed E-state index contributed by atoms with van der Waals surface area (Å²) in [6, 6.07) is 0. The van der Waals surface area contributed by atoms with Crippen LogP contribution in [0, 0.1) is 0 Å². The van der Waals surface area contributed by atoms with Crippen molar-refractivity contribution in [3.05, 3.63) is 24.3 Å². The maximum absolute atomic E-state index is 12.7. The Hall–Kier alpha value is -2.11. The molecule has 0 spiro atoms. The Morgan fingerprint density at radius 3 is 0.833 bits per heavy atom. The summed E-state index contributed by atoms with van der Waals surface area (Å²) in [5.74, 6) is -0.876. The van der Waals surface area contributed by atoms with Crippen LogP contribution in [0.2, 0.25) is 0 Å². The number of unbranched alkanes of at least 4 members (excludes halogenated alkanes) is 33. The van der Waals surface area contributed by atoms with Gasteiger partial charge in [-0.25, -0.2) is 0 Å². The van der Waals surface area contributed by atoms with Crippen molar-refractivity contribution < 1.29 is 28.6 Å². The number of esters is 3. The van der Waals surface area contributed by atoms with Crippen LogP contribution < -0.4 is 0 Å². The second-order valence-electron chi connectivity index (χ2n) is 17.8. The SMILES string of the molecule is CCCCCCCC/C=C\CCCCCCCCCCCC(=O)OCC(COC(=O)CCCCCCCC)OC(=O)CCCCCCCCC/C=C\CCCCCCCC. The van der Waals surface area contributed by atoms with Crippen molar-refractivity contribution in [3.63, 3.8) is 0 Å². The number of hydrogen-bond donors (Lipinski definition) is 0. The van der Waals surface area contributed by atoms with E-state index in [9.17, 15) is 14.4 Å². The van der Waals surface area contributed by atoms with Crippen LogP contribution in [-0.4, -0.2) is 37.2 Å². The topological polar surface area (TPSA) is 78.9 Å². The smallest absolute Gasteiger partial charge is 0.306 e. The van der Waals surface area contributed by atoms with E-state index >= 15 is 0 Å². The van der Waals surface area contributed by atoms with Crippen LogP contribution in [0.15, 0.2) is 24.3 Å². The summed E-state index contributed by atoms with van der Waals surface area (Å²) in [6.07, 6.45) is 56.2. The number of ether oxygens (including phenoxy) is 3. The van der Waals surface area contributed by atoms with E-state index in [1.54, 1.807) is 0 Å². The lowest BCUT2D eigenvalue weighted by Crippen LogP contribution is -2.30. The van der Waals surface area contributed by atoms with Gasteiger partial charge in [0.2, 0.25) is 0 Å². The van der Waals surface area contributed by atoms with Gasteiger partial charge >= 0.3 is 17.9 Å². The lowest BCUT2D eigenvalue weighted by Gasteiger charge is -2.18. The van der Waals surface area contributed by atoms with Crippen LogP contribution in [0.3, 0.4) is 0 Å². The molecule has 0 aliphatic carbocycles. The molecule has 1 unspecified atom stereocenters. The van der Waals surface area contributed by atoms with E-state index < -0.39 is 6.10 Å². The molecule has 0 saturated heterocycles. The summed E-state index contributed by atoms with van der Waals surface area (Å²) in [6.45, 7) is 6.59. The predicted octanol–water partition coefficient (Wildman–Crippen LogP) is 17.2. The minimum atomic E-state index is -0.768. The van der Waals surface area contributed by atoms with Crippen molar-refractivity contribution in [2.75, 3.05) is 13.2 Å². The average molecular weight is 845 g/mol. The van der Waals surface area contributed by atoms with Crippen molar-refractivity contribution in [1.82, 2.24) is 0 Å². The summed E-state index contributed by atoms with van der Waals surface area (Å²) in [7, 11) is 0. The molecule has 0 amide bonds. The minimum absolute atomic E-state index is 0.0714. The molecule has 0 fully saturated rings. The highest BCUT2D eigenvalue weighted by Crippen LogP contribution is 2.15. The normalized spacial score (nSPS) is 12.1. The minimum Gasteiger partial charge on any atom is -0.462 e. The first kappa shape index (κ1) is 57.9. The van der Waals surface area contributed by atoms with Gasteiger partial charge in [0.25, 0.3) is 0 Å². The Morgan fingerprint density at radius 1 is 0.317 bits per heavy atom. The predicted molar refractivity (Wildman–Crippen MR) is 256 cm³/mol. The van der Waals surface area contributed by atoms with Gasteiger partial charge in [-0.05, 0) is 70.6 Å². The van der Waals surface area contributed by atoms with E-state index in [-0.39, 0.29) is 31.1 Å². The van der Waals surface area contributed by atoms with Crippen LogP contribution in [0.25, 0.3) is 0 Å². The quantitative estimate of drug-likeness (QED) is 0.0263. The van der Waals surface area contributed by atoms with Crippen molar-refractivity contribution in [3.8, 4) is 0 Å². The van der Waals surface area contributed by atoms with Gasteiger partial charge in [0, 0.05) is 19.3 Å². The highest BCUT2D eigenvalue weighted by Gasteiger charge is 2.19. The molecule has 6 heteroatoms. The Labute approximate surface area is 373 Å². The standard InChI is InChI=1S/C54H100O6/c1-4-7-10-13-16-18-20-22-24-26-27-29-30-32-34-36-38-41-44-47-53(56)59-50-51(49-58-52(55)46-43-40-15-12-9-6-3)60-54(57)48-45-42-39-37-35-33-31-28-25-23-21-19-17-14-11-8-5-2/h22-25,51H,4-21,26-50H2,1-3H3/b24-22-,25-23-. The van der Waals surface area contributed by atoms with Crippen LogP contribution in [-0.2, 0) is 28.6 Å². The number of hydrogen-bond acceptors (Lipinski definition) is 6. The van der Waals surface area contributed by atoms with Gasteiger partial charge in [0.15, 0.2) is 6.10 Å². The van der Waals surface area contributed by atoms with E-state index in [1.807, 2.05) is 0 Å². The van der Waals surface area contributed by atoms with E-state index in [0.29, 0.717) is 19.3 Å². The molecule has 1 atom stereocenters. The molecule has 0 aromatic carbocycles. The third-order valence-corrected chi connectivity index (χ3v) is 11.7. The Morgan fingerprint density at radius 2 is 0.550 bits per heavy atom. The van der Waals surface area contributed by atoms with E-state index in [2.05, 4.69) is 45.1 Å². The number of carbonyl (C=O) groups excluding carboxylic acids is 3. The van der Waals surface area contributed by atoms with Crippen molar-refractivity contribution >= 4 is 17.9 Å². The molecule has 0 N–H and O–H groups in total. The lowest BCUT2D eigenvalue weighted by molar-refractivity contribution is -0.167. The van der Waals surface area contributed by atoms with Crippen molar-refractivity contribution in [2.45, 2.75) is 290 Å². The summed E-state index contributed by atoms with van der Waals surface area (Å²) >= 11 is 0. The molecule has 0 radical (unpaired) electrons. The summed E-state index contributed by atoms with van der Waals surface area (Å²) in [4.78, 5) is 37.7. The molecule has 0 bridgehead atoms. The largest absolute Gasteiger partial charge is 0.462 e. The molecule has 0 heterocycles. The highest BCUT2D eigenvalue weighted by molar-refractivity contribution is 5.71. The van der Waals surface area contributed by atoms with Crippen LogP contribution in [0.5, 0.6) is 0 Å². The maximum atomic E-state index is 12.7. The summed E-state index contributed by atoms with van der Waals surface area (Å²) < 4.78 is 16.7. The highest BCUT2D eigenvalue weighted by atomic mass is 16.6. The lowest BCUT2D eigenvalue weighted by atomic mass is 10.1. The zero-order valence-corrected chi connectivity index (χ0v) is 40.2. The van der Waals surface area contributed by atoms with Gasteiger partial charge in [-0.1, -0.05) is 218 Å². The number of rotatable bonds is 48. The Balaban J connectivity index is 4.17. The fourth-order valence-corrected chi connectivity index (χ4v) is 7.67. The zero-order chi connectivity index (χ0) is 43.7. The Bertz CT molecular complexity index is 973. The monoisotopic (exact) mass is 845 g/mol. The summed E-state index contributed by atoms with van der Waals surface area (Å²) in [5, 5.41) is 0. The fraction of sp³-hybridized carbons (Fsp3) is 0.870. The van der Waals surface area contributed by atoms with Gasteiger partial charge in [-0.15, -0.1) is 0 Å². The fourth-order valence-electron chi connectivity index (χ4n) is 7.67. The van der Waals surface area contributed by atoms with Gasteiger partial charge in [-0.3, -0.25) is 14.4 Å². The third kappa shape index (κ3) is 46.9. The number of allylic oxidation sites excluding steroid dienone is 4. The van der Waals surface area contributed by atoms with Gasteiger partial charge in [0.05, 0.1) is 0 Å². The third-order valence-electron chi connectivity index (χ3n) is 11.7. The summed E-state index contributed by atoms with van der Waals surface area (Å²) in [5.41, 5.74) is 0. The molecule has 0 aromatic rings. The number of carbonyl (C=O) groups is 3. The molecule has 0 rings (SSSR count). The van der Waals surface area contributed by atoms with Crippen LogP contribution >= 0.6 is 0 Å². The first-order valence-corrected chi connectivity index (χ1v) is 26.3. The molecule has 352 valence electrons. The van der Waals surface area contributed by atoms with Gasteiger partial charge in [0.1, 0.15) is 13.2 Å². The molecule has 0 saturated carbocycles. The second kappa shape index (κ2) is 49.5. The second-order valence-corrected chi connectivity index (χ2v) is 17.8. The molecule has 0 aliphatic rings. The van der Waals surface area contributed by atoms with Crippen molar-refractivity contribution in [2.24, 2.45) is 0 Å². The van der Waals surface area contributed by atoms with Gasteiger partial charge < -0.3 is 14.2 Å². The molecule has 0 aromatic heterocycles. The molecule has 0 aliphatic heterocycles. The molecule has 6 nitrogen and oxygen atoms in total. The zero-order valence-electron chi connectivity index (χ0n) is 40.2. The molecular weight excluding hydrogens is 745 g/mol. The first-order valence-electron chi connectivity index (χ1n) is 26.3. The van der Waals surface area contributed by atoms with E-state index in [4.69, 9.17) is 14.2 Å². The maximum Gasteiger partial charge on any atom is 0.306 e. The first-order chi connectivity index (χ1) is 29.5. The average Bonchev–Trinajstić information content (AvgIpc) is 3.24. The van der Waals surface area contributed by atoms with Crippen LogP contribution in [0.1, 0.15) is 284 Å². The Kier molecular flexibility index (Phi) is 47.8. The van der Waals surface area contributed by atoms with Gasteiger partial charge in [-0.2, -0.15) is 0 Å². The van der Waals surface area contributed by atoms with Crippen molar-refractivity contribution in [1.29, 1.82) is 0 Å². The molecular formula is C54H100O6. The van der Waals surface area contributed by atoms with E-state index in [1.165, 1.54) is 186 Å².